The number of halogens is 9. The quantitative estimate of drug-likeness (QED) is 0.491. The Balaban J connectivity index is 0.00000324. The topological polar surface area (TPSA) is 0 Å². The summed E-state index contributed by atoms with van der Waals surface area (Å²) >= 11 is 0. The molecule has 0 aromatic heterocycles. The number of hydrogen-bond acceptors (Lipinski definition) is 0. The van der Waals surface area contributed by atoms with Crippen LogP contribution in [0.15, 0.2) is 18.2 Å². The summed E-state index contributed by atoms with van der Waals surface area (Å²) in [5, 5.41) is 0. The van der Waals surface area contributed by atoms with Crippen LogP contribution >= 0.6 is 0 Å². The first-order valence-electron chi connectivity index (χ1n) is 4.19. The summed E-state index contributed by atoms with van der Waals surface area (Å²) in [7, 11) is 0. The second-order valence-electron chi connectivity index (χ2n) is 3.22. The van der Waals surface area contributed by atoms with Gasteiger partial charge in [-0.05, 0) is 12.1 Å². The van der Waals surface area contributed by atoms with Gasteiger partial charge in [0.15, 0.2) is 0 Å². The molecule has 0 aliphatic rings. The van der Waals surface area contributed by atoms with Gasteiger partial charge in [0.2, 0.25) is 0 Å². The second-order valence-corrected chi connectivity index (χ2v) is 3.22. The Bertz CT molecular complexity index is 408. The minimum Gasteiger partial charge on any atom is -0.166 e. The van der Waals surface area contributed by atoms with Gasteiger partial charge in [0.1, 0.15) is 0 Å². The van der Waals surface area contributed by atoms with Crippen molar-refractivity contribution in [1.29, 1.82) is 0 Å². The molecule has 103 valence electrons. The Kier molecular flexibility index (Phi) is 5.06. The summed E-state index contributed by atoms with van der Waals surface area (Å²) in [5.74, 6) is 0. The number of rotatable bonds is 0. The first-order valence-corrected chi connectivity index (χ1v) is 4.19. The van der Waals surface area contributed by atoms with Gasteiger partial charge in [0, 0.05) is 18.9 Å². The van der Waals surface area contributed by atoms with E-state index in [1.807, 2.05) is 0 Å². The van der Waals surface area contributed by atoms with Gasteiger partial charge in [-0.25, -0.2) is 0 Å². The third-order valence-corrected chi connectivity index (χ3v) is 1.96. The van der Waals surface area contributed by atoms with Crippen LogP contribution in [-0.4, -0.2) is 18.9 Å². The molecule has 0 bridgehead atoms. The molecular formula is C9H3F9Li. The fourth-order valence-electron chi connectivity index (χ4n) is 1.33. The molecule has 1 radical (unpaired) electrons. The van der Waals surface area contributed by atoms with Crippen LogP contribution in [0.3, 0.4) is 0 Å². The molecule has 1 rings (SSSR count). The number of benzene rings is 1. The van der Waals surface area contributed by atoms with E-state index in [0.29, 0.717) is 0 Å². The first kappa shape index (κ1) is 18.2. The Morgan fingerprint density at radius 2 is 0.895 bits per heavy atom. The molecule has 0 aliphatic carbocycles. The molecule has 0 N–H and O–H groups in total. The summed E-state index contributed by atoms with van der Waals surface area (Å²) in [6, 6.07) is 0.191. The normalized spacial score (nSPS) is 13.1. The van der Waals surface area contributed by atoms with Crippen LogP contribution < -0.4 is 0 Å². The molecule has 1 aromatic carbocycles. The van der Waals surface area contributed by atoms with E-state index in [1.54, 1.807) is 0 Å². The maximum absolute atomic E-state index is 12.4. The van der Waals surface area contributed by atoms with Crippen LogP contribution in [0, 0.1) is 0 Å². The molecule has 0 fully saturated rings. The fraction of sp³-hybridized carbons (Fsp3) is 0.333. The zero-order valence-electron chi connectivity index (χ0n) is 9.13. The van der Waals surface area contributed by atoms with Crippen molar-refractivity contribution in [3.63, 3.8) is 0 Å². The van der Waals surface area contributed by atoms with Crippen LogP contribution in [0.5, 0.6) is 0 Å². The van der Waals surface area contributed by atoms with Crippen molar-refractivity contribution in [1.82, 2.24) is 0 Å². The van der Waals surface area contributed by atoms with Gasteiger partial charge in [-0.15, -0.1) is 0 Å². The van der Waals surface area contributed by atoms with E-state index in [1.165, 1.54) is 0 Å². The van der Waals surface area contributed by atoms with E-state index < -0.39 is 35.2 Å². The largest absolute Gasteiger partial charge is 0.417 e. The smallest absolute Gasteiger partial charge is 0.166 e. The van der Waals surface area contributed by atoms with Crippen molar-refractivity contribution in [3.05, 3.63) is 34.9 Å². The van der Waals surface area contributed by atoms with Gasteiger partial charge in [-0.3, -0.25) is 0 Å². The van der Waals surface area contributed by atoms with Gasteiger partial charge in [0.25, 0.3) is 0 Å². The maximum Gasteiger partial charge on any atom is 0.417 e. The van der Waals surface area contributed by atoms with Gasteiger partial charge in [0.05, 0.1) is 16.7 Å². The molecule has 0 heterocycles. The summed E-state index contributed by atoms with van der Waals surface area (Å²) in [5.41, 5.74) is -7.43. The van der Waals surface area contributed by atoms with Gasteiger partial charge < -0.3 is 0 Å². The molecule has 0 saturated heterocycles. The van der Waals surface area contributed by atoms with Crippen LogP contribution in [-0.2, 0) is 18.5 Å². The SMILES string of the molecule is FC(F)(F)c1cccc(C(F)(F)F)c1C(F)(F)F.[Li]. The van der Waals surface area contributed by atoms with E-state index in [-0.39, 0.29) is 37.1 Å². The molecule has 0 spiro atoms. The molecule has 0 saturated carbocycles. The van der Waals surface area contributed by atoms with E-state index in [4.69, 9.17) is 0 Å². The minimum absolute atomic E-state index is 0. The number of alkyl halides is 9. The summed E-state index contributed by atoms with van der Waals surface area (Å²) in [6.07, 6.45) is -16.8. The monoisotopic (exact) mass is 289 g/mol. The van der Waals surface area contributed by atoms with Crippen LogP contribution in [0.4, 0.5) is 39.5 Å². The molecule has 19 heavy (non-hydrogen) atoms. The third kappa shape index (κ3) is 4.08. The van der Waals surface area contributed by atoms with E-state index >= 15 is 0 Å². The summed E-state index contributed by atoms with van der Waals surface area (Å²) in [6.45, 7) is 0. The maximum atomic E-state index is 12.4. The summed E-state index contributed by atoms with van der Waals surface area (Å²) < 4.78 is 111. The van der Waals surface area contributed by atoms with Crippen molar-refractivity contribution in [3.8, 4) is 0 Å². The molecule has 0 nitrogen and oxygen atoms in total. The van der Waals surface area contributed by atoms with Gasteiger partial charge >= 0.3 is 18.5 Å². The van der Waals surface area contributed by atoms with Crippen molar-refractivity contribution < 1.29 is 39.5 Å². The van der Waals surface area contributed by atoms with Crippen molar-refractivity contribution >= 4 is 18.9 Å². The van der Waals surface area contributed by atoms with Crippen LogP contribution in [0.2, 0.25) is 0 Å². The van der Waals surface area contributed by atoms with Crippen molar-refractivity contribution in [2.24, 2.45) is 0 Å². The molecular weight excluding hydrogens is 286 g/mol. The number of hydrogen-bond donors (Lipinski definition) is 0. The Morgan fingerprint density at radius 1 is 0.579 bits per heavy atom. The predicted octanol–water partition coefficient (Wildman–Crippen LogP) is 4.36. The molecule has 1 aromatic rings. The zero-order chi connectivity index (χ0) is 14.4. The standard InChI is InChI=1S/C9H3F9.Li/c10-7(11,12)4-2-1-3-5(8(13,14)15)6(4)9(16,17)18;/h1-3H;. The molecule has 0 aliphatic heterocycles. The predicted molar refractivity (Wildman–Crippen MR) is 47.2 cm³/mol. The second kappa shape index (κ2) is 5.29. The van der Waals surface area contributed by atoms with E-state index in [9.17, 15) is 39.5 Å². The third-order valence-electron chi connectivity index (χ3n) is 1.96. The average Bonchev–Trinajstić information content (AvgIpc) is 2.12. The van der Waals surface area contributed by atoms with Crippen molar-refractivity contribution in [2.45, 2.75) is 18.5 Å². The first-order chi connectivity index (χ1) is 7.85. The van der Waals surface area contributed by atoms with Crippen LogP contribution in [0.25, 0.3) is 0 Å². The van der Waals surface area contributed by atoms with E-state index in [0.717, 1.165) is 0 Å². The van der Waals surface area contributed by atoms with Crippen molar-refractivity contribution in [2.75, 3.05) is 0 Å². The fourth-order valence-corrected chi connectivity index (χ4v) is 1.33. The average molecular weight is 289 g/mol. The van der Waals surface area contributed by atoms with Gasteiger partial charge in [-0.1, -0.05) is 6.07 Å². The summed E-state index contributed by atoms with van der Waals surface area (Å²) in [4.78, 5) is 0. The molecule has 0 amide bonds. The van der Waals surface area contributed by atoms with Gasteiger partial charge in [-0.2, -0.15) is 39.5 Å². The Labute approximate surface area is 112 Å². The molecule has 0 atom stereocenters. The minimum atomic E-state index is -5.75. The Morgan fingerprint density at radius 3 is 1.11 bits per heavy atom. The van der Waals surface area contributed by atoms with Crippen LogP contribution in [0.1, 0.15) is 16.7 Å². The zero-order valence-corrected chi connectivity index (χ0v) is 9.13. The molecule has 10 heteroatoms. The molecule has 0 unspecified atom stereocenters. The Hall–Kier alpha value is -0.813. The van der Waals surface area contributed by atoms with E-state index in [2.05, 4.69) is 0 Å².